The third kappa shape index (κ3) is 3.30. The number of hydrogen-bond acceptors (Lipinski definition) is 1. The molecule has 1 aliphatic rings. The van der Waals surface area contributed by atoms with Gasteiger partial charge < -0.3 is 5.11 Å². The predicted octanol–water partition coefficient (Wildman–Crippen LogP) is 5.39. The molecule has 0 atom stereocenters. The van der Waals surface area contributed by atoms with E-state index in [9.17, 15) is 5.11 Å². The third-order valence-corrected chi connectivity index (χ3v) is 4.72. The van der Waals surface area contributed by atoms with Gasteiger partial charge >= 0.3 is 0 Å². The molecule has 0 amide bonds. The molecule has 1 N–H and O–H groups in total. The average Bonchev–Trinajstić information content (AvgIpc) is 2.32. The molecule has 0 radical (unpaired) electrons. The van der Waals surface area contributed by atoms with E-state index < -0.39 is 0 Å². The van der Waals surface area contributed by atoms with Crippen molar-refractivity contribution in [1.82, 2.24) is 0 Å². The standard InChI is InChI=1S/C17H21BrO/c1-12-5-4-10-17(2,3)15(12)8-6-13-11-14(19)7-9-16(13)18/h7-9,11,19H,1,4-6,10H2,2-3H3/b15-8+. The van der Waals surface area contributed by atoms with Crippen LogP contribution in [0.25, 0.3) is 0 Å². The largest absolute Gasteiger partial charge is 0.508 e. The predicted molar refractivity (Wildman–Crippen MR) is 84.4 cm³/mol. The summed E-state index contributed by atoms with van der Waals surface area (Å²) in [4.78, 5) is 0. The normalized spacial score (nSPS) is 20.8. The Balaban J connectivity index is 2.25. The molecule has 0 aromatic heterocycles. The van der Waals surface area contributed by atoms with Gasteiger partial charge in [0.15, 0.2) is 0 Å². The van der Waals surface area contributed by atoms with Crippen molar-refractivity contribution in [3.05, 3.63) is 52.0 Å². The molecule has 0 unspecified atom stereocenters. The number of benzene rings is 1. The lowest BCUT2D eigenvalue weighted by Crippen LogP contribution is -2.20. The zero-order chi connectivity index (χ0) is 14.0. The lowest BCUT2D eigenvalue weighted by molar-refractivity contribution is 0.370. The number of phenols is 1. The molecule has 0 saturated heterocycles. The highest BCUT2D eigenvalue weighted by Crippen LogP contribution is 2.42. The molecule has 0 spiro atoms. The maximum atomic E-state index is 9.57. The van der Waals surface area contributed by atoms with Crippen molar-refractivity contribution in [2.24, 2.45) is 5.41 Å². The fraction of sp³-hybridized carbons (Fsp3) is 0.412. The van der Waals surface area contributed by atoms with Crippen molar-refractivity contribution in [3.8, 4) is 5.75 Å². The Morgan fingerprint density at radius 2 is 2.16 bits per heavy atom. The summed E-state index contributed by atoms with van der Waals surface area (Å²) in [5, 5.41) is 9.57. The molecule has 1 aliphatic carbocycles. The number of phenolic OH excluding ortho intramolecular Hbond substituents is 1. The van der Waals surface area contributed by atoms with Gasteiger partial charge in [-0.25, -0.2) is 0 Å². The van der Waals surface area contributed by atoms with Crippen molar-refractivity contribution in [3.63, 3.8) is 0 Å². The van der Waals surface area contributed by atoms with Gasteiger partial charge in [0.05, 0.1) is 0 Å². The van der Waals surface area contributed by atoms with Crippen LogP contribution in [0.5, 0.6) is 5.75 Å². The Kier molecular flexibility index (Phi) is 4.19. The lowest BCUT2D eigenvalue weighted by Gasteiger charge is -2.34. The second-order valence-corrected chi connectivity index (χ2v) is 6.79. The Morgan fingerprint density at radius 3 is 2.84 bits per heavy atom. The maximum absolute atomic E-state index is 9.57. The van der Waals surface area contributed by atoms with Gasteiger partial charge in [0.2, 0.25) is 0 Å². The molecule has 102 valence electrons. The fourth-order valence-corrected chi connectivity index (χ4v) is 3.25. The van der Waals surface area contributed by atoms with E-state index in [1.807, 2.05) is 12.1 Å². The zero-order valence-corrected chi connectivity index (χ0v) is 13.3. The Hall–Kier alpha value is -1.02. The number of halogens is 1. The van der Waals surface area contributed by atoms with Gasteiger partial charge in [-0.05, 0) is 60.4 Å². The van der Waals surface area contributed by atoms with Crippen LogP contribution in [0.4, 0.5) is 0 Å². The summed E-state index contributed by atoms with van der Waals surface area (Å²) in [6.07, 6.45) is 6.67. The van der Waals surface area contributed by atoms with Crippen LogP contribution in [-0.2, 0) is 6.42 Å². The van der Waals surface area contributed by atoms with E-state index >= 15 is 0 Å². The van der Waals surface area contributed by atoms with Gasteiger partial charge in [-0.3, -0.25) is 0 Å². The minimum absolute atomic E-state index is 0.221. The van der Waals surface area contributed by atoms with Crippen LogP contribution in [0.1, 0.15) is 38.7 Å². The van der Waals surface area contributed by atoms with Crippen molar-refractivity contribution in [2.75, 3.05) is 0 Å². The van der Waals surface area contributed by atoms with Gasteiger partial charge in [-0.2, -0.15) is 0 Å². The van der Waals surface area contributed by atoms with Crippen LogP contribution < -0.4 is 0 Å². The van der Waals surface area contributed by atoms with Gasteiger partial charge in [-0.15, -0.1) is 0 Å². The molecule has 1 aromatic rings. The first-order valence-corrected chi connectivity index (χ1v) is 7.55. The highest BCUT2D eigenvalue weighted by Gasteiger charge is 2.28. The summed E-state index contributed by atoms with van der Waals surface area (Å²) in [6, 6.07) is 5.41. The van der Waals surface area contributed by atoms with E-state index in [1.165, 1.54) is 24.0 Å². The SMILES string of the molecule is C=C1CCCC(C)(C)/C1=C/Cc1cc(O)ccc1Br. The number of aromatic hydroxyl groups is 1. The van der Waals surface area contributed by atoms with Crippen LogP contribution in [0, 0.1) is 5.41 Å². The van der Waals surface area contributed by atoms with Crippen LogP contribution in [-0.4, -0.2) is 5.11 Å². The first-order chi connectivity index (χ1) is 8.90. The molecule has 19 heavy (non-hydrogen) atoms. The molecule has 0 heterocycles. The fourth-order valence-electron chi connectivity index (χ4n) is 2.84. The molecule has 1 aromatic carbocycles. The maximum Gasteiger partial charge on any atom is 0.115 e. The molecule has 1 nitrogen and oxygen atoms in total. The van der Waals surface area contributed by atoms with Gasteiger partial charge in [-0.1, -0.05) is 48.0 Å². The second-order valence-electron chi connectivity index (χ2n) is 5.94. The van der Waals surface area contributed by atoms with Gasteiger partial charge in [0, 0.05) is 4.47 Å². The monoisotopic (exact) mass is 320 g/mol. The zero-order valence-electron chi connectivity index (χ0n) is 11.7. The molecular weight excluding hydrogens is 300 g/mol. The summed E-state index contributed by atoms with van der Waals surface area (Å²) in [6.45, 7) is 8.80. The smallest absolute Gasteiger partial charge is 0.115 e. The number of allylic oxidation sites excluding steroid dienone is 3. The average molecular weight is 321 g/mol. The molecule has 0 bridgehead atoms. The first kappa shape index (κ1) is 14.4. The van der Waals surface area contributed by atoms with Crippen LogP contribution in [0.3, 0.4) is 0 Å². The second kappa shape index (κ2) is 5.54. The molecule has 1 saturated carbocycles. The van der Waals surface area contributed by atoms with Crippen molar-refractivity contribution in [2.45, 2.75) is 39.5 Å². The lowest BCUT2D eigenvalue weighted by atomic mass is 9.71. The van der Waals surface area contributed by atoms with Crippen molar-refractivity contribution >= 4 is 15.9 Å². The highest BCUT2D eigenvalue weighted by atomic mass is 79.9. The quantitative estimate of drug-likeness (QED) is 0.774. The minimum atomic E-state index is 0.221. The van der Waals surface area contributed by atoms with E-state index in [-0.39, 0.29) is 5.41 Å². The number of hydrogen-bond donors (Lipinski definition) is 1. The molecule has 2 rings (SSSR count). The summed E-state index contributed by atoms with van der Waals surface area (Å²) in [5.74, 6) is 0.318. The van der Waals surface area contributed by atoms with Crippen molar-refractivity contribution < 1.29 is 5.11 Å². The Labute approximate surface area is 124 Å². The van der Waals surface area contributed by atoms with Crippen LogP contribution >= 0.6 is 15.9 Å². The molecule has 1 fully saturated rings. The van der Waals surface area contributed by atoms with Crippen LogP contribution in [0.15, 0.2) is 46.5 Å². The molecule has 2 heteroatoms. The van der Waals surface area contributed by atoms with E-state index in [4.69, 9.17) is 0 Å². The third-order valence-electron chi connectivity index (χ3n) is 3.95. The molecular formula is C17H21BrO. The minimum Gasteiger partial charge on any atom is -0.508 e. The topological polar surface area (TPSA) is 20.2 Å². The summed E-state index contributed by atoms with van der Waals surface area (Å²) >= 11 is 3.54. The van der Waals surface area contributed by atoms with E-state index in [2.05, 4.69) is 42.4 Å². The van der Waals surface area contributed by atoms with Gasteiger partial charge in [0.25, 0.3) is 0 Å². The Morgan fingerprint density at radius 1 is 1.42 bits per heavy atom. The van der Waals surface area contributed by atoms with Crippen molar-refractivity contribution in [1.29, 1.82) is 0 Å². The van der Waals surface area contributed by atoms with E-state index in [1.54, 1.807) is 6.07 Å². The van der Waals surface area contributed by atoms with E-state index in [0.29, 0.717) is 5.75 Å². The summed E-state index contributed by atoms with van der Waals surface area (Å²) in [5.41, 5.74) is 3.99. The Bertz CT molecular complexity index is 526. The summed E-state index contributed by atoms with van der Waals surface area (Å²) in [7, 11) is 0. The first-order valence-electron chi connectivity index (χ1n) is 6.76. The molecule has 0 aliphatic heterocycles. The van der Waals surface area contributed by atoms with Gasteiger partial charge in [0.1, 0.15) is 5.75 Å². The highest BCUT2D eigenvalue weighted by molar-refractivity contribution is 9.10. The summed E-state index contributed by atoms with van der Waals surface area (Å²) < 4.78 is 1.04. The number of rotatable bonds is 2. The van der Waals surface area contributed by atoms with E-state index in [0.717, 1.165) is 22.9 Å². The van der Waals surface area contributed by atoms with Crippen LogP contribution in [0.2, 0.25) is 0 Å².